The standard InChI is InChI=1S/C22H23N5O/c1-14(2)27-8-7-17-18(10-23)21(26)22(12-24,13-25)20(19(17)11-27)15-5-4-6-16(9-15)28-3/h4-7,9,14,19-20H,8,11,26H2,1-3H3. The topological polar surface area (TPSA) is 110 Å². The van der Waals surface area contributed by atoms with E-state index in [9.17, 15) is 15.8 Å². The molecule has 1 aliphatic carbocycles. The Morgan fingerprint density at radius 1 is 1.25 bits per heavy atom. The molecular weight excluding hydrogens is 350 g/mol. The van der Waals surface area contributed by atoms with Gasteiger partial charge in [0.15, 0.2) is 5.41 Å². The smallest absolute Gasteiger partial charge is 0.191 e. The number of fused-ring (bicyclic) bond motifs is 1. The van der Waals surface area contributed by atoms with Crippen LogP contribution in [0.25, 0.3) is 0 Å². The number of methoxy groups -OCH3 is 1. The average molecular weight is 373 g/mol. The molecule has 0 aromatic heterocycles. The van der Waals surface area contributed by atoms with Gasteiger partial charge in [0.05, 0.1) is 30.5 Å². The molecule has 1 heterocycles. The van der Waals surface area contributed by atoms with Crippen molar-refractivity contribution in [1.82, 2.24) is 4.90 Å². The van der Waals surface area contributed by atoms with Crippen LogP contribution in [0.4, 0.5) is 0 Å². The molecule has 6 nitrogen and oxygen atoms in total. The Balaban J connectivity index is 2.30. The first-order chi connectivity index (χ1) is 13.4. The van der Waals surface area contributed by atoms with Gasteiger partial charge in [0, 0.05) is 31.0 Å². The van der Waals surface area contributed by atoms with Gasteiger partial charge >= 0.3 is 0 Å². The number of nitriles is 3. The van der Waals surface area contributed by atoms with Crippen LogP contribution in [0.5, 0.6) is 5.75 Å². The lowest BCUT2D eigenvalue weighted by Gasteiger charge is -2.46. The van der Waals surface area contributed by atoms with E-state index in [4.69, 9.17) is 10.5 Å². The van der Waals surface area contributed by atoms with Crippen LogP contribution in [-0.4, -0.2) is 31.1 Å². The molecular formula is C22H23N5O. The zero-order chi connectivity index (χ0) is 20.5. The maximum Gasteiger partial charge on any atom is 0.191 e. The Kier molecular flexibility index (Phi) is 5.14. The van der Waals surface area contributed by atoms with Crippen LogP contribution in [0.15, 0.2) is 47.2 Å². The van der Waals surface area contributed by atoms with Crippen LogP contribution in [0.3, 0.4) is 0 Å². The van der Waals surface area contributed by atoms with Gasteiger partial charge in [-0.2, -0.15) is 15.8 Å². The number of rotatable bonds is 3. The van der Waals surface area contributed by atoms with Crippen LogP contribution in [0.2, 0.25) is 0 Å². The summed E-state index contributed by atoms with van der Waals surface area (Å²) in [7, 11) is 1.58. The Labute approximate surface area is 165 Å². The number of nitrogens with zero attached hydrogens (tertiary/aromatic N) is 4. The Hall–Kier alpha value is -3.27. The Bertz CT molecular complexity index is 956. The van der Waals surface area contributed by atoms with Crippen molar-refractivity contribution in [3.63, 3.8) is 0 Å². The molecule has 3 rings (SSSR count). The van der Waals surface area contributed by atoms with Crippen LogP contribution in [0.1, 0.15) is 25.3 Å². The van der Waals surface area contributed by atoms with Crippen LogP contribution < -0.4 is 10.5 Å². The largest absolute Gasteiger partial charge is 0.497 e. The molecule has 2 aliphatic rings. The zero-order valence-electron chi connectivity index (χ0n) is 16.3. The van der Waals surface area contributed by atoms with E-state index in [1.807, 2.05) is 30.3 Å². The highest BCUT2D eigenvalue weighted by Gasteiger charge is 2.54. The summed E-state index contributed by atoms with van der Waals surface area (Å²) < 4.78 is 5.36. The number of ether oxygens (including phenoxy) is 1. The second kappa shape index (κ2) is 7.39. The van der Waals surface area contributed by atoms with Crippen LogP contribution >= 0.6 is 0 Å². The quantitative estimate of drug-likeness (QED) is 0.872. The van der Waals surface area contributed by atoms with Crippen molar-refractivity contribution in [2.75, 3.05) is 20.2 Å². The van der Waals surface area contributed by atoms with Gasteiger partial charge < -0.3 is 10.5 Å². The van der Waals surface area contributed by atoms with Crippen molar-refractivity contribution in [3.05, 3.63) is 52.7 Å². The molecule has 0 bridgehead atoms. The van der Waals surface area contributed by atoms with Crippen LogP contribution in [0, 0.1) is 45.3 Å². The minimum absolute atomic E-state index is 0.0494. The van der Waals surface area contributed by atoms with Gasteiger partial charge in [0.25, 0.3) is 0 Å². The Morgan fingerprint density at radius 2 is 1.96 bits per heavy atom. The first-order valence-electron chi connectivity index (χ1n) is 9.24. The van der Waals surface area contributed by atoms with E-state index in [0.717, 1.165) is 11.1 Å². The van der Waals surface area contributed by atoms with E-state index >= 15 is 0 Å². The van der Waals surface area contributed by atoms with Gasteiger partial charge in [0.1, 0.15) is 11.8 Å². The minimum atomic E-state index is -1.61. The molecule has 0 amide bonds. The fourth-order valence-electron chi connectivity index (χ4n) is 4.34. The predicted molar refractivity (Wildman–Crippen MR) is 105 cm³/mol. The van der Waals surface area contributed by atoms with E-state index in [-0.39, 0.29) is 17.2 Å². The molecule has 1 aromatic carbocycles. The van der Waals surface area contributed by atoms with Crippen molar-refractivity contribution in [3.8, 4) is 24.0 Å². The van der Waals surface area contributed by atoms with Crippen molar-refractivity contribution in [2.24, 2.45) is 17.1 Å². The predicted octanol–water partition coefficient (Wildman–Crippen LogP) is 2.83. The molecule has 0 saturated carbocycles. The number of allylic oxidation sites excluding steroid dienone is 2. The van der Waals surface area contributed by atoms with E-state index in [0.29, 0.717) is 24.9 Å². The maximum atomic E-state index is 10.1. The summed E-state index contributed by atoms with van der Waals surface area (Å²) in [6, 6.07) is 14.2. The highest BCUT2D eigenvalue weighted by Crippen LogP contribution is 2.54. The van der Waals surface area contributed by atoms with Gasteiger partial charge in [-0.15, -0.1) is 0 Å². The summed E-state index contributed by atoms with van der Waals surface area (Å²) in [6.07, 6.45) is 2.02. The number of benzene rings is 1. The van der Waals surface area contributed by atoms with Crippen molar-refractivity contribution in [2.45, 2.75) is 25.8 Å². The second-order valence-electron chi connectivity index (χ2n) is 7.50. The maximum absolute atomic E-state index is 10.1. The Morgan fingerprint density at radius 3 is 2.54 bits per heavy atom. The van der Waals surface area contributed by atoms with E-state index in [1.54, 1.807) is 7.11 Å². The summed E-state index contributed by atoms with van der Waals surface area (Å²) >= 11 is 0. The molecule has 28 heavy (non-hydrogen) atoms. The highest BCUT2D eigenvalue weighted by molar-refractivity contribution is 5.59. The SMILES string of the molecule is COc1cccc(C2C3CN(C(C)C)CC=C3C(C#N)=C(N)C2(C#N)C#N)c1. The normalized spacial score (nSPS) is 23.8. The van der Waals surface area contributed by atoms with Crippen molar-refractivity contribution in [1.29, 1.82) is 15.8 Å². The van der Waals surface area contributed by atoms with Gasteiger partial charge in [-0.05, 0) is 37.1 Å². The summed E-state index contributed by atoms with van der Waals surface area (Å²) in [5, 5.41) is 29.9. The molecule has 0 fully saturated rings. The fraction of sp³-hybridized carbons (Fsp3) is 0.409. The van der Waals surface area contributed by atoms with Gasteiger partial charge in [0.2, 0.25) is 0 Å². The van der Waals surface area contributed by atoms with E-state index in [2.05, 4.69) is 37.0 Å². The van der Waals surface area contributed by atoms with Gasteiger partial charge in [-0.25, -0.2) is 0 Å². The summed E-state index contributed by atoms with van der Waals surface area (Å²) in [4.78, 5) is 2.28. The van der Waals surface area contributed by atoms with E-state index in [1.165, 1.54) is 0 Å². The summed E-state index contributed by atoms with van der Waals surface area (Å²) in [6.45, 7) is 5.58. The molecule has 0 radical (unpaired) electrons. The molecule has 142 valence electrons. The third kappa shape index (κ3) is 2.82. The fourth-order valence-corrected chi connectivity index (χ4v) is 4.34. The molecule has 1 aliphatic heterocycles. The van der Waals surface area contributed by atoms with E-state index < -0.39 is 11.3 Å². The first kappa shape index (κ1) is 19.5. The molecule has 2 atom stereocenters. The molecule has 1 aromatic rings. The average Bonchev–Trinajstić information content (AvgIpc) is 2.72. The summed E-state index contributed by atoms with van der Waals surface area (Å²) in [5.74, 6) is -0.0371. The molecule has 2 N–H and O–H groups in total. The lowest BCUT2D eigenvalue weighted by molar-refractivity contribution is 0.174. The first-order valence-corrected chi connectivity index (χ1v) is 9.24. The second-order valence-corrected chi connectivity index (χ2v) is 7.50. The lowest BCUT2D eigenvalue weighted by atomic mass is 9.58. The number of nitrogens with two attached hydrogens (primary N) is 1. The van der Waals surface area contributed by atoms with Crippen LogP contribution in [-0.2, 0) is 0 Å². The highest BCUT2D eigenvalue weighted by atomic mass is 16.5. The van der Waals surface area contributed by atoms with Gasteiger partial charge in [-0.1, -0.05) is 18.2 Å². The molecule has 6 heteroatoms. The third-order valence-electron chi connectivity index (χ3n) is 5.88. The molecule has 0 saturated heterocycles. The molecule has 2 unspecified atom stereocenters. The number of hydrogen-bond donors (Lipinski definition) is 1. The van der Waals surface area contributed by atoms with Gasteiger partial charge in [-0.3, -0.25) is 4.90 Å². The van der Waals surface area contributed by atoms with Crippen molar-refractivity contribution < 1.29 is 4.74 Å². The monoisotopic (exact) mass is 373 g/mol. The van der Waals surface area contributed by atoms with Crippen molar-refractivity contribution >= 4 is 0 Å². The number of hydrogen-bond acceptors (Lipinski definition) is 6. The lowest BCUT2D eigenvalue weighted by Crippen LogP contribution is -2.49. The summed E-state index contributed by atoms with van der Waals surface area (Å²) in [5.41, 5.74) is 6.68. The third-order valence-corrected chi connectivity index (χ3v) is 5.88. The molecule has 0 spiro atoms. The minimum Gasteiger partial charge on any atom is -0.497 e. The zero-order valence-corrected chi connectivity index (χ0v) is 16.3.